The number of nitrogens with one attached hydrogen (secondary N) is 1. The number of nitrogens with zero attached hydrogens (tertiary/aromatic N) is 3. The van der Waals surface area contributed by atoms with Crippen molar-refractivity contribution in [3.8, 4) is 0 Å². The second-order valence-electron chi connectivity index (χ2n) is 4.80. The Morgan fingerprint density at radius 3 is 3.05 bits per heavy atom. The van der Waals surface area contributed by atoms with E-state index in [9.17, 15) is 10.1 Å². The van der Waals surface area contributed by atoms with Gasteiger partial charge >= 0.3 is 0 Å². The molecule has 6 nitrogen and oxygen atoms in total. The van der Waals surface area contributed by atoms with Crippen molar-refractivity contribution in [1.29, 1.82) is 0 Å². The molecule has 2 heterocycles. The molecule has 1 fully saturated rings. The van der Waals surface area contributed by atoms with Gasteiger partial charge in [0, 0.05) is 25.3 Å². The van der Waals surface area contributed by atoms with Gasteiger partial charge in [-0.2, -0.15) is 0 Å². The molecule has 20 heavy (non-hydrogen) atoms. The quantitative estimate of drug-likeness (QED) is 0.513. The molecule has 1 aliphatic heterocycles. The van der Waals surface area contributed by atoms with E-state index in [1.807, 2.05) is 11.0 Å². The van der Waals surface area contributed by atoms with Crippen LogP contribution < -0.4 is 5.32 Å². The lowest BCUT2D eigenvalue weighted by Crippen LogP contribution is -2.22. The summed E-state index contributed by atoms with van der Waals surface area (Å²) in [7, 11) is 0. The second kappa shape index (κ2) is 6.56. The molecule has 7 heteroatoms. The summed E-state index contributed by atoms with van der Waals surface area (Å²) in [6, 6.07) is 3.86. The van der Waals surface area contributed by atoms with Crippen LogP contribution in [0.2, 0.25) is 5.15 Å². The number of hydrogen-bond acceptors (Lipinski definition) is 5. The maximum atomic E-state index is 10.7. The summed E-state index contributed by atoms with van der Waals surface area (Å²) in [5.74, 6) is 0.559. The van der Waals surface area contributed by atoms with Gasteiger partial charge < -0.3 is 10.2 Å². The van der Waals surface area contributed by atoms with Crippen LogP contribution in [0.4, 0.5) is 0 Å². The van der Waals surface area contributed by atoms with Gasteiger partial charge in [-0.15, -0.1) is 0 Å². The van der Waals surface area contributed by atoms with E-state index in [-0.39, 0.29) is 6.04 Å². The Morgan fingerprint density at radius 2 is 2.45 bits per heavy atom. The zero-order valence-electron chi connectivity index (χ0n) is 11.3. The number of pyridine rings is 1. The Labute approximate surface area is 122 Å². The van der Waals surface area contributed by atoms with Gasteiger partial charge in [0.05, 0.1) is 4.92 Å². The maximum Gasteiger partial charge on any atom is 0.274 e. The van der Waals surface area contributed by atoms with Gasteiger partial charge in [0.15, 0.2) is 5.82 Å². The fourth-order valence-electron chi connectivity index (χ4n) is 2.31. The Bertz CT molecular complexity index is 504. The van der Waals surface area contributed by atoms with Gasteiger partial charge in [0.1, 0.15) is 5.15 Å². The Balaban J connectivity index is 2.10. The molecule has 0 bridgehead atoms. The van der Waals surface area contributed by atoms with Crippen molar-refractivity contribution in [3.05, 3.63) is 51.2 Å². The average Bonchev–Trinajstić information content (AvgIpc) is 2.74. The van der Waals surface area contributed by atoms with E-state index in [1.165, 1.54) is 0 Å². The van der Waals surface area contributed by atoms with Crippen LogP contribution in [-0.2, 0) is 6.54 Å². The van der Waals surface area contributed by atoms with Gasteiger partial charge in [-0.1, -0.05) is 31.0 Å². The molecule has 0 amide bonds. The minimum atomic E-state index is -0.427. The topological polar surface area (TPSA) is 71.3 Å². The number of hydrogen-bond donors (Lipinski definition) is 1. The molecule has 0 saturated carbocycles. The average molecular weight is 297 g/mol. The molecule has 1 saturated heterocycles. The van der Waals surface area contributed by atoms with E-state index in [0.29, 0.717) is 17.5 Å². The molecule has 0 radical (unpaired) electrons. The van der Waals surface area contributed by atoms with Crippen molar-refractivity contribution in [2.75, 3.05) is 6.54 Å². The molecule has 108 valence electrons. The molecule has 0 spiro atoms. The molecule has 0 unspecified atom stereocenters. The molecular formula is C13H17ClN4O2. The summed E-state index contributed by atoms with van der Waals surface area (Å²) < 4.78 is 0. The Hall–Kier alpha value is -1.82. The highest BCUT2D eigenvalue weighted by Crippen LogP contribution is 2.19. The summed E-state index contributed by atoms with van der Waals surface area (Å²) in [5.41, 5.74) is 0.975. The summed E-state index contributed by atoms with van der Waals surface area (Å²) in [6.45, 7) is 3.44. The molecule has 0 aromatic carbocycles. The van der Waals surface area contributed by atoms with Crippen molar-refractivity contribution in [2.45, 2.75) is 32.4 Å². The zero-order chi connectivity index (χ0) is 14.5. The minimum Gasteiger partial charge on any atom is -0.362 e. The Kier molecular flexibility index (Phi) is 4.79. The fourth-order valence-corrected chi connectivity index (χ4v) is 2.42. The lowest BCUT2D eigenvalue weighted by atomic mass is 10.2. The van der Waals surface area contributed by atoms with E-state index < -0.39 is 4.92 Å². The number of nitro groups is 1. The lowest BCUT2D eigenvalue weighted by molar-refractivity contribution is -0.404. The highest BCUT2D eigenvalue weighted by atomic mass is 35.5. The summed E-state index contributed by atoms with van der Waals surface area (Å²) >= 11 is 5.75. The van der Waals surface area contributed by atoms with Crippen LogP contribution in [-0.4, -0.2) is 27.4 Å². The monoisotopic (exact) mass is 296 g/mol. The third kappa shape index (κ3) is 3.84. The zero-order valence-corrected chi connectivity index (χ0v) is 12.0. The van der Waals surface area contributed by atoms with Gasteiger partial charge in [-0.05, 0) is 18.1 Å². The molecular weight excluding hydrogens is 280 g/mol. The third-order valence-electron chi connectivity index (χ3n) is 3.16. The molecule has 1 atom stereocenters. The van der Waals surface area contributed by atoms with Crippen LogP contribution in [0.25, 0.3) is 0 Å². The molecule has 1 aromatic heterocycles. The van der Waals surface area contributed by atoms with E-state index in [0.717, 1.165) is 31.1 Å². The SMILES string of the molecule is CCC[C@H]1CN(Cc2ccc(Cl)nc2)/C(=C/[N+](=O)[O-])N1. The molecule has 1 N–H and O–H groups in total. The van der Waals surface area contributed by atoms with Crippen molar-refractivity contribution < 1.29 is 4.92 Å². The molecule has 0 aliphatic carbocycles. The number of aromatic nitrogens is 1. The van der Waals surface area contributed by atoms with E-state index in [1.54, 1.807) is 12.3 Å². The van der Waals surface area contributed by atoms with Crippen molar-refractivity contribution in [3.63, 3.8) is 0 Å². The maximum absolute atomic E-state index is 10.7. The first-order valence-corrected chi connectivity index (χ1v) is 6.93. The molecule has 2 rings (SSSR count). The van der Waals surface area contributed by atoms with Crippen molar-refractivity contribution in [2.24, 2.45) is 0 Å². The van der Waals surface area contributed by atoms with E-state index in [4.69, 9.17) is 11.6 Å². The van der Waals surface area contributed by atoms with Crippen molar-refractivity contribution in [1.82, 2.24) is 15.2 Å². The standard InChI is InChI=1S/C13H17ClN4O2/c1-2-3-11-8-17(13(16-11)9-18(19)20)7-10-4-5-12(14)15-6-10/h4-6,9,11,16H,2-3,7-8H2,1H3/b13-9+/t11-/m0/s1. The second-order valence-corrected chi connectivity index (χ2v) is 5.19. The first-order chi connectivity index (χ1) is 9.58. The minimum absolute atomic E-state index is 0.256. The van der Waals surface area contributed by atoms with Gasteiger partial charge in [-0.25, -0.2) is 4.98 Å². The smallest absolute Gasteiger partial charge is 0.274 e. The van der Waals surface area contributed by atoms with Crippen LogP contribution in [0.1, 0.15) is 25.3 Å². The van der Waals surface area contributed by atoms with Crippen LogP contribution >= 0.6 is 11.6 Å². The van der Waals surface area contributed by atoms with E-state index in [2.05, 4.69) is 17.2 Å². The highest BCUT2D eigenvalue weighted by Gasteiger charge is 2.27. The van der Waals surface area contributed by atoms with Crippen LogP contribution in [0.3, 0.4) is 0 Å². The summed E-state index contributed by atoms with van der Waals surface area (Å²) in [4.78, 5) is 16.3. The predicted octanol–water partition coefficient (Wildman–Crippen LogP) is 2.38. The first kappa shape index (κ1) is 14.6. The molecule has 1 aliphatic rings. The summed E-state index contributed by atoms with van der Waals surface area (Å²) in [5, 5.41) is 14.3. The van der Waals surface area contributed by atoms with Crippen LogP contribution in [0, 0.1) is 10.1 Å². The first-order valence-electron chi connectivity index (χ1n) is 6.55. The number of rotatable bonds is 5. The van der Waals surface area contributed by atoms with Crippen LogP contribution in [0.5, 0.6) is 0 Å². The van der Waals surface area contributed by atoms with Crippen LogP contribution in [0.15, 0.2) is 30.4 Å². The summed E-state index contributed by atoms with van der Waals surface area (Å²) in [6.07, 6.45) is 4.75. The van der Waals surface area contributed by atoms with Gasteiger partial charge in [0.2, 0.25) is 0 Å². The van der Waals surface area contributed by atoms with Gasteiger partial charge in [-0.3, -0.25) is 10.1 Å². The van der Waals surface area contributed by atoms with Crippen molar-refractivity contribution >= 4 is 11.6 Å². The third-order valence-corrected chi connectivity index (χ3v) is 3.38. The largest absolute Gasteiger partial charge is 0.362 e. The number of halogens is 1. The van der Waals surface area contributed by atoms with Gasteiger partial charge in [0.25, 0.3) is 6.20 Å². The Morgan fingerprint density at radius 1 is 1.65 bits per heavy atom. The highest BCUT2D eigenvalue weighted by molar-refractivity contribution is 6.29. The van der Waals surface area contributed by atoms with E-state index >= 15 is 0 Å². The normalized spacial score (nSPS) is 20.2. The fraction of sp³-hybridized carbons (Fsp3) is 0.462. The molecule has 1 aromatic rings. The predicted molar refractivity (Wildman–Crippen MR) is 76.6 cm³/mol. The lowest BCUT2D eigenvalue weighted by Gasteiger charge is -2.17.